The fraction of sp³-hybridized carbons (Fsp3) is 0.250. The number of halogens is 3. The molecule has 1 amide bonds. The Morgan fingerprint density at radius 2 is 1.97 bits per heavy atom. The molecule has 1 aromatic heterocycles. The molecule has 1 unspecified atom stereocenters. The number of benzene rings is 2. The van der Waals surface area contributed by atoms with E-state index in [-0.39, 0.29) is 17.5 Å². The SMILES string of the molecule is CCn1c(SCC(=O)Nc2ccc(Cl)cc2Cl)nnc1C(C)Oc1ccc(F)cc1. The van der Waals surface area contributed by atoms with Crippen LogP contribution in [-0.2, 0) is 11.3 Å². The first-order chi connectivity index (χ1) is 14.4. The molecule has 1 atom stereocenters. The van der Waals surface area contributed by atoms with Gasteiger partial charge in [0.1, 0.15) is 11.6 Å². The zero-order valence-electron chi connectivity index (χ0n) is 16.2. The standard InChI is InChI=1S/C20H19Cl2FN4O2S/c1-3-27-19(12(2)29-15-7-5-14(23)6-8-15)25-26-20(27)30-11-18(28)24-17-9-4-13(21)10-16(17)22/h4-10,12H,3,11H2,1-2H3,(H,24,28). The molecule has 3 aromatic rings. The van der Waals surface area contributed by atoms with Gasteiger partial charge in [0.05, 0.1) is 16.5 Å². The fourth-order valence-electron chi connectivity index (χ4n) is 2.68. The van der Waals surface area contributed by atoms with Crippen molar-refractivity contribution in [3.05, 3.63) is 64.2 Å². The molecular weight excluding hydrogens is 450 g/mol. The summed E-state index contributed by atoms with van der Waals surface area (Å²) in [6.45, 7) is 4.39. The van der Waals surface area contributed by atoms with Crippen LogP contribution in [0.5, 0.6) is 5.75 Å². The molecule has 6 nitrogen and oxygen atoms in total. The van der Waals surface area contributed by atoms with Gasteiger partial charge < -0.3 is 14.6 Å². The topological polar surface area (TPSA) is 69.0 Å². The van der Waals surface area contributed by atoms with Crippen molar-refractivity contribution < 1.29 is 13.9 Å². The van der Waals surface area contributed by atoms with Crippen LogP contribution in [0.15, 0.2) is 47.6 Å². The highest BCUT2D eigenvalue weighted by molar-refractivity contribution is 7.99. The molecular formula is C20H19Cl2FN4O2S. The first-order valence-electron chi connectivity index (χ1n) is 9.10. The molecule has 0 saturated heterocycles. The quantitative estimate of drug-likeness (QED) is 0.434. The van der Waals surface area contributed by atoms with Gasteiger partial charge in [0, 0.05) is 11.6 Å². The maximum atomic E-state index is 13.1. The number of nitrogens with one attached hydrogen (secondary N) is 1. The lowest BCUT2D eigenvalue weighted by atomic mass is 10.3. The second-order valence-corrected chi connectivity index (χ2v) is 8.05. The van der Waals surface area contributed by atoms with E-state index in [1.807, 2.05) is 18.4 Å². The van der Waals surface area contributed by atoms with Crippen molar-refractivity contribution in [2.45, 2.75) is 31.7 Å². The van der Waals surface area contributed by atoms with Crippen LogP contribution >= 0.6 is 35.0 Å². The van der Waals surface area contributed by atoms with Gasteiger partial charge in [-0.3, -0.25) is 4.79 Å². The Kier molecular flexibility index (Phi) is 7.58. The summed E-state index contributed by atoms with van der Waals surface area (Å²) in [5.41, 5.74) is 0.491. The molecule has 10 heteroatoms. The highest BCUT2D eigenvalue weighted by Crippen LogP contribution is 2.27. The summed E-state index contributed by atoms with van der Waals surface area (Å²) in [6.07, 6.45) is -0.404. The van der Waals surface area contributed by atoms with Gasteiger partial charge in [-0.25, -0.2) is 4.39 Å². The molecule has 0 spiro atoms. The number of carbonyl (C=O) groups is 1. The number of amides is 1. The molecule has 0 bridgehead atoms. The van der Waals surface area contributed by atoms with E-state index in [9.17, 15) is 9.18 Å². The van der Waals surface area contributed by atoms with Crippen molar-refractivity contribution >= 4 is 46.6 Å². The minimum atomic E-state index is -0.404. The van der Waals surface area contributed by atoms with E-state index in [1.54, 1.807) is 30.3 Å². The zero-order valence-corrected chi connectivity index (χ0v) is 18.6. The summed E-state index contributed by atoms with van der Waals surface area (Å²) in [4.78, 5) is 12.3. The average Bonchev–Trinajstić information content (AvgIpc) is 3.13. The summed E-state index contributed by atoms with van der Waals surface area (Å²) in [5.74, 6) is 0.716. The Balaban J connectivity index is 1.63. The van der Waals surface area contributed by atoms with E-state index in [4.69, 9.17) is 27.9 Å². The van der Waals surface area contributed by atoms with E-state index >= 15 is 0 Å². The van der Waals surface area contributed by atoms with E-state index in [2.05, 4.69) is 15.5 Å². The van der Waals surface area contributed by atoms with Gasteiger partial charge in [-0.05, 0) is 56.3 Å². The summed E-state index contributed by atoms with van der Waals surface area (Å²) >= 11 is 13.2. The van der Waals surface area contributed by atoms with Gasteiger partial charge in [0.2, 0.25) is 5.91 Å². The van der Waals surface area contributed by atoms with Gasteiger partial charge in [0.15, 0.2) is 17.1 Å². The minimum absolute atomic E-state index is 0.129. The normalized spacial score (nSPS) is 11.9. The van der Waals surface area contributed by atoms with E-state index in [1.165, 1.54) is 23.9 Å². The molecule has 2 aromatic carbocycles. The van der Waals surface area contributed by atoms with E-state index in [0.29, 0.717) is 39.0 Å². The van der Waals surface area contributed by atoms with Crippen LogP contribution in [0.3, 0.4) is 0 Å². The molecule has 30 heavy (non-hydrogen) atoms. The number of thioether (sulfide) groups is 1. The van der Waals surface area contributed by atoms with E-state index in [0.717, 1.165) is 0 Å². The third-order valence-corrected chi connectivity index (χ3v) is 5.60. The molecule has 3 rings (SSSR count). The predicted octanol–water partition coefficient (Wildman–Crippen LogP) is 5.61. The molecule has 0 aliphatic rings. The smallest absolute Gasteiger partial charge is 0.234 e. The van der Waals surface area contributed by atoms with Gasteiger partial charge in [-0.2, -0.15) is 0 Å². The molecule has 0 aliphatic carbocycles. The number of hydrogen-bond donors (Lipinski definition) is 1. The number of rotatable bonds is 8. The van der Waals surface area contributed by atoms with Gasteiger partial charge >= 0.3 is 0 Å². The predicted molar refractivity (Wildman–Crippen MR) is 117 cm³/mol. The fourth-order valence-corrected chi connectivity index (χ4v) is 3.95. The lowest BCUT2D eigenvalue weighted by molar-refractivity contribution is -0.113. The van der Waals surface area contributed by atoms with Crippen LogP contribution in [0, 0.1) is 5.82 Å². The van der Waals surface area contributed by atoms with Crippen LogP contribution in [0.4, 0.5) is 10.1 Å². The summed E-state index contributed by atoms with van der Waals surface area (Å²) in [7, 11) is 0. The zero-order chi connectivity index (χ0) is 21.7. The van der Waals surface area contributed by atoms with Crippen molar-refractivity contribution in [3.63, 3.8) is 0 Å². The number of nitrogens with zero attached hydrogens (tertiary/aromatic N) is 3. The van der Waals surface area contributed by atoms with Crippen molar-refractivity contribution in [3.8, 4) is 5.75 Å². The molecule has 0 saturated carbocycles. The largest absolute Gasteiger partial charge is 0.483 e. The van der Waals surface area contributed by atoms with Crippen molar-refractivity contribution in [2.75, 3.05) is 11.1 Å². The molecule has 0 fully saturated rings. The second kappa shape index (κ2) is 10.1. The molecule has 158 valence electrons. The third kappa shape index (κ3) is 5.65. The summed E-state index contributed by atoms with van der Waals surface area (Å²) in [6, 6.07) is 10.6. The van der Waals surface area contributed by atoms with Crippen LogP contribution in [0.1, 0.15) is 25.8 Å². The Labute approximate surface area is 187 Å². The molecule has 0 aliphatic heterocycles. The lowest BCUT2D eigenvalue weighted by Gasteiger charge is -2.15. The first kappa shape index (κ1) is 22.4. The highest BCUT2D eigenvalue weighted by atomic mass is 35.5. The third-order valence-electron chi connectivity index (χ3n) is 4.09. The van der Waals surface area contributed by atoms with Crippen LogP contribution in [-0.4, -0.2) is 26.4 Å². The van der Waals surface area contributed by atoms with Crippen LogP contribution in [0.25, 0.3) is 0 Å². The van der Waals surface area contributed by atoms with Crippen LogP contribution < -0.4 is 10.1 Å². The number of hydrogen-bond acceptors (Lipinski definition) is 5. The maximum absolute atomic E-state index is 13.1. The van der Waals surface area contributed by atoms with Gasteiger partial charge in [-0.15, -0.1) is 10.2 Å². The Hall–Kier alpha value is -2.29. The Morgan fingerprint density at radius 3 is 2.63 bits per heavy atom. The van der Waals surface area contributed by atoms with Crippen molar-refractivity contribution in [1.29, 1.82) is 0 Å². The number of aromatic nitrogens is 3. The molecule has 1 heterocycles. The maximum Gasteiger partial charge on any atom is 0.234 e. The Morgan fingerprint density at radius 1 is 1.23 bits per heavy atom. The number of ether oxygens (including phenoxy) is 1. The Bertz CT molecular complexity index is 1030. The van der Waals surface area contributed by atoms with Crippen molar-refractivity contribution in [1.82, 2.24) is 14.8 Å². The monoisotopic (exact) mass is 468 g/mol. The van der Waals surface area contributed by atoms with Crippen LogP contribution in [0.2, 0.25) is 10.0 Å². The average molecular weight is 469 g/mol. The lowest BCUT2D eigenvalue weighted by Crippen LogP contribution is -2.15. The molecule has 1 N–H and O–H groups in total. The summed E-state index contributed by atoms with van der Waals surface area (Å²) < 4.78 is 20.8. The number of anilines is 1. The first-order valence-corrected chi connectivity index (χ1v) is 10.8. The molecule has 0 radical (unpaired) electrons. The minimum Gasteiger partial charge on any atom is -0.483 e. The van der Waals surface area contributed by atoms with Gasteiger partial charge in [0.25, 0.3) is 0 Å². The number of carbonyl (C=O) groups excluding carboxylic acids is 1. The van der Waals surface area contributed by atoms with Gasteiger partial charge in [-0.1, -0.05) is 35.0 Å². The highest BCUT2D eigenvalue weighted by Gasteiger charge is 2.19. The second-order valence-electron chi connectivity index (χ2n) is 6.26. The van der Waals surface area contributed by atoms with E-state index < -0.39 is 6.10 Å². The van der Waals surface area contributed by atoms with Crippen molar-refractivity contribution in [2.24, 2.45) is 0 Å². The summed E-state index contributed by atoms with van der Waals surface area (Å²) in [5, 5.41) is 12.6.